The Morgan fingerprint density at radius 1 is 0.686 bits per heavy atom. The number of aliphatic hydroxyl groups is 1. The largest absolute Gasteiger partial charge is 0.503 e. The van der Waals surface area contributed by atoms with Gasteiger partial charge in [0.2, 0.25) is 0 Å². The van der Waals surface area contributed by atoms with Crippen molar-refractivity contribution in [1.82, 2.24) is 5.32 Å². The van der Waals surface area contributed by atoms with Crippen molar-refractivity contribution in [2.24, 2.45) is 0 Å². The van der Waals surface area contributed by atoms with Gasteiger partial charge < -0.3 is 30.1 Å². The van der Waals surface area contributed by atoms with E-state index in [2.05, 4.69) is 145 Å². The van der Waals surface area contributed by atoms with E-state index in [0.717, 1.165) is 52.9 Å². The lowest BCUT2D eigenvalue weighted by Crippen LogP contribution is -2.40. The summed E-state index contributed by atoms with van der Waals surface area (Å²) >= 11 is 0. The number of carboxylic acid groups (broad SMARTS) is 2. The monoisotopic (exact) mass is 681 g/mol. The van der Waals surface area contributed by atoms with E-state index >= 15 is 0 Å². The van der Waals surface area contributed by atoms with Crippen LogP contribution in [0, 0.1) is 0 Å². The zero-order valence-electron chi connectivity index (χ0n) is 28.4. The van der Waals surface area contributed by atoms with Crippen LogP contribution in [0.2, 0.25) is 0 Å². The van der Waals surface area contributed by atoms with E-state index in [0.29, 0.717) is 19.1 Å². The molecule has 260 valence electrons. The number of benzene rings is 6. The van der Waals surface area contributed by atoms with Gasteiger partial charge in [-0.15, -0.1) is 0 Å². The number of piperidine rings is 1. The molecular weight excluding hydrogens is 638 g/mol. The van der Waals surface area contributed by atoms with Gasteiger partial charge in [-0.2, -0.15) is 0 Å². The fourth-order valence-electron chi connectivity index (χ4n) is 7.01. The van der Waals surface area contributed by atoms with E-state index in [9.17, 15) is 5.11 Å². The zero-order valence-corrected chi connectivity index (χ0v) is 28.4. The molecule has 6 aromatic carbocycles. The molecule has 2 atom stereocenters. The average Bonchev–Trinajstić information content (AvgIpc) is 3.18. The first kappa shape index (κ1) is 35.5. The van der Waals surface area contributed by atoms with Crippen molar-refractivity contribution in [2.45, 2.75) is 43.9 Å². The first-order valence-electron chi connectivity index (χ1n) is 17.2. The number of aliphatic hydroxyl groups excluding tert-OH is 1. The fraction of sp³-hybridized carbons (Fsp3) is 0.205. The van der Waals surface area contributed by atoms with Gasteiger partial charge in [0.05, 0.1) is 25.9 Å². The highest BCUT2D eigenvalue weighted by Crippen LogP contribution is 2.41. The number of ether oxygens (including phenoxy) is 2. The van der Waals surface area contributed by atoms with Gasteiger partial charge in [-0.25, -0.2) is 4.79 Å². The molecule has 7 heteroatoms. The highest BCUT2D eigenvalue weighted by Gasteiger charge is 2.37. The van der Waals surface area contributed by atoms with Crippen LogP contribution in [-0.2, 0) is 34.9 Å². The third-order valence-corrected chi connectivity index (χ3v) is 9.50. The number of fused-ring (bicyclic) bond motifs is 1. The highest BCUT2D eigenvalue weighted by atomic mass is 16.6. The smallest absolute Gasteiger partial charge is 0.450 e. The lowest BCUT2D eigenvalue weighted by molar-refractivity contribution is 0.000771. The summed E-state index contributed by atoms with van der Waals surface area (Å²) in [5.74, 6) is 0.315. The minimum Gasteiger partial charge on any atom is -0.450 e. The van der Waals surface area contributed by atoms with Gasteiger partial charge in [0.1, 0.15) is 5.60 Å². The summed E-state index contributed by atoms with van der Waals surface area (Å²) < 4.78 is 13.8. The summed E-state index contributed by atoms with van der Waals surface area (Å²) in [6.07, 6.45) is -0.741. The number of rotatable bonds is 11. The molecule has 7 rings (SSSR count). The van der Waals surface area contributed by atoms with Gasteiger partial charge in [-0.05, 0) is 68.7 Å². The van der Waals surface area contributed by atoms with Gasteiger partial charge in [0.25, 0.3) is 0 Å². The van der Waals surface area contributed by atoms with Crippen LogP contribution in [0.5, 0.6) is 0 Å². The Morgan fingerprint density at radius 2 is 1.25 bits per heavy atom. The maximum absolute atomic E-state index is 9.48. The van der Waals surface area contributed by atoms with Crippen molar-refractivity contribution >= 4 is 16.9 Å². The predicted octanol–water partition coefficient (Wildman–Crippen LogP) is 8.73. The minimum absolute atomic E-state index is 0.0627. The van der Waals surface area contributed by atoms with E-state index in [1.165, 1.54) is 16.3 Å². The molecule has 0 aromatic heterocycles. The second-order valence-corrected chi connectivity index (χ2v) is 12.7. The topological polar surface area (TPSA) is 108 Å². The summed E-state index contributed by atoms with van der Waals surface area (Å²) in [5.41, 5.74) is 6.97. The number of nitrogens with one attached hydrogen (secondary N) is 1. The number of carbonyl (C=O) groups is 1. The van der Waals surface area contributed by atoms with Gasteiger partial charge in [-0.3, -0.25) is 0 Å². The molecule has 1 heterocycles. The SMILES string of the molecule is O=C(O)O.OCc1ccc(C2CCNCC2OCc2ccc3cccc(COC(c4ccccc4)(c4ccccc4)c4ccccc4)c3c2)cc1. The Hall–Kier alpha value is -5.31. The molecule has 51 heavy (non-hydrogen) atoms. The fourth-order valence-corrected chi connectivity index (χ4v) is 7.01. The van der Waals surface area contributed by atoms with E-state index < -0.39 is 11.8 Å². The summed E-state index contributed by atoms with van der Waals surface area (Å²) in [4.78, 5) is 8.56. The third kappa shape index (κ3) is 8.53. The van der Waals surface area contributed by atoms with Crippen LogP contribution in [0.25, 0.3) is 10.8 Å². The minimum atomic E-state index is -1.83. The van der Waals surface area contributed by atoms with Crippen LogP contribution >= 0.6 is 0 Å². The van der Waals surface area contributed by atoms with Crippen molar-refractivity contribution < 1.29 is 29.6 Å². The van der Waals surface area contributed by atoms with Crippen molar-refractivity contribution in [3.63, 3.8) is 0 Å². The number of hydrogen-bond donors (Lipinski definition) is 4. The first-order valence-corrected chi connectivity index (χ1v) is 17.2. The second kappa shape index (κ2) is 17.1. The Kier molecular flexibility index (Phi) is 11.9. The Balaban J connectivity index is 0.00000107. The van der Waals surface area contributed by atoms with Crippen LogP contribution in [0.1, 0.15) is 51.3 Å². The molecule has 1 saturated heterocycles. The van der Waals surface area contributed by atoms with Crippen molar-refractivity contribution in [3.05, 3.63) is 191 Å². The van der Waals surface area contributed by atoms with Crippen LogP contribution in [0.15, 0.2) is 152 Å². The normalized spacial score (nSPS) is 15.9. The second-order valence-electron chi connectivity index (χ2n) is 12.7. The van der Waals surface area contributed by atoms with Crippen LogP contribution in [0.4, 0.5) is 4.79 Å². The Bertz CT molecular complexity index is 1880. The summed E-state index contributed by atoms with van der Waals surface area (Å²) in [6.45, 7) is 2.82. The lowest BCUT2D eigenvalue weighted by atomic mass is 9.80. The first-order chi connectivity index (χ1) is 25.0. The molecule has 4 N–H and O–H groups in total. The van der Waals surface area contributed by atoms with E-state index in [-0.39, 0.29) is 12.7 Å². The Labute approximate surface area is 298 Å². The van der Waals surface area contributed by atoms with Gasteiger partial charge >= 0.3 is 6.16 Å². The van der Waals surface area contributed by atoms with Crippen molar-refractivity contribution in [1.29, 1.82) is 0 Å². The maximum atomic E-state index is 9.48. The van der Waals surface area contributed by atoms with Crippen LogP contribution < -0.4 is 5.32 Å². The molecule has 0 aliphatic carbocycles. The van der Waals surface area contributed by atoms with Gasteiger partial charge in [0.15, 0.2) is 0 Å². The summed E-state index contributed by atoms with van der Waals surface area (Å²) in [5, 5.41) is 29.3. The molecule has 1 aliphatic heterocycles. The predicted molar refractivity (Wildman–Crippen MR) is 200 cm³/mol. The van der Waals surface area contributed by atoms with E-state index in [1.807, 2.05) is 12.1 Å². The quantitative estimate of drug-likeness (QED) is 0.101. The zero-order chi connectivity index (χ0) is 35.5. The van der Waals surface area contributed by atoms with E-state index in [4.69, 9.17) is 24.5 Å². The molecule has 6 aromatic rings. The maximum Gasteiger partial charge on any atom is 0.503 e. The molecule has 0 saturated carbocycles. The van der Waals surface area contributed by atoms with E-state index in [1.54, 1.807) is 0 Å². The molecule has 7 nitrogen and oxygen atoms in total. The van der Waals surface area contributed by atoms with Crippen molar-refractivity contribution in [2.75, 3.05) is 13.1 Å². The van der Waals surface area contributed by atoms with Crippen LogP contribution in [-0.4, -0.2) is 40.7 Å². The molecule has 2 unspecified atom stereocenters. The molecule has 0 bridgehead atoms. The van der Waals surface area contributed by atoms with Gasteiger partial charge in [-0.1, -0.05) is 146 Å². The van der Waals surface area contributed by atoms with Crippen LogP contribution in [0.3, 0.4) is 0 Å². The summed E-state index contributed by atoms with van der Waals surface area (Å²) in [7, 11) is 0. The standard InChI is InChI=1S/C43H41NO3.CH2O3/c45-29-32-19-22-35(23-20-32)40-25-26-44-28-42(40)46-30-33-21-24-34-11-10-12-36(41(34)27-33)31-47-43(37-13-4-1-5-14-37,38-15-6-2-7-16-38)39-17-8-3-9-18-39;2-1(3)4/h1-24,27,40,42,44-45H,25-26,28-31H2;(H2,2,3,4). The highest BCUT2D eigenvalue weighted by molar-refractivity contribution is 5.86. The molecule has 0 spiro atoms. The Morgan fingerprint density at radius 3 is 1.82 bits per heavy atom. The summed E-state index contributed by atoms with van der Waals surface area (Å²) in [6, 6.07) is 53.0. The molecule has 0 radical (unpaired) electrons. The number of hydrogen-bond acceptors (Lipinski definition) is 5. The third-order valence-electron chi connectivity index (χ3n) is 9.50. The molecule has 0 amide bonds. The van der Waals surface area contributed by atoms with Crippen molar-refractivity contribution in [3.8, 4) is 0 Å². The van der Waals surface area contributed by atoms with Gasteiger partial charge in [0, 0.05) is 12.5 Å². The molecular formula is C44H43NO6. The lowest BCUT2D eigenvalue weighted by Gasteiger charge is -2.36. The molecule has 1 fully saturated rings. The average molecular weight is 682 g/mol. The molecule has 1 aliphatic rings.